The number of nitrogens with zero attached hydrogens (tertiary/aromatic N) is 5. The Bertz CT molecular complexity index is 914. The van der Waals surface area contributed by atoms with E-state index in [-0.39, 0.29) is 23.7 Å². The Balaban J connectivity index is 2.38. The number of fused-ring (bicyclic) bond motifs is 1. The molecule has 0 aromatic carbocycles. The SMILES string of the molecule is CC(C)N(C(=O)CSc1nc2c(c(=O)n(C)c(=O)n2C)n1C)C(C)C. The molecule has 2 aromatic rings. The van der Waals surface area contributed by atoms with Crippen LogP contribution in [0.4, 0.5) is 0 Å². The lowest BCUT2D eigenvalue weighted by Crippen LogP contribution is -2.43. The van der Waals surface area contributed by atoms with E-state index in [2.05, 4.69) is 4.98 Å². The minimum absolute atomic E-state index is 0.0175. The molecule has 0 aliphatic carbocycles. The van der Waals surface area contributed by atoms with E-state index in [0.717, 1.165) is 4.57 Å². The lowest BCUT2D eigenvalue weighted by atomic mass is 10.2. The van der Waals surface area contributed by atoms with Gasteiger partial charge in [0.25, 0.3) is 5.56 Å². The number of amides is 1. The fraction of sp³-hybridized carbons (Fsp3) is 0.625. The van der Waals surface area contributed by atoms with Gasteiger partial charge < -0.3 is 9.47 Å². The van der Waals surface area contributed by atoms with Crippen molar-refractivity contribution < 1.29 is 4.79 Å². The Hall–Kier alpha value is -2.03. The molecule has 0 radical (unpaired) electrons. The molecule has 0 N–H and O–H groups in total. The van der Waals surface area contributed by atoms with Crippen molar-refractivity contribution >= 4 is 28.8 Å². The number of imidazole rings is 1. The van der Waals surface area contributed by atoms with Crippen molar-refractivity contribution in [2.45, 2.75) is 44.9 Å². The lowest BCUT2D eigenvalue weighted by molar-refractivity contribution is -0.131. The minimum atomic E-state index is -0.422. The largest absolute Gasteiger partial charge is 0.337 e. The lowest BCUT2D eigenvalue weighted by Gasteiger charge is -2.30. The molecular formula is C16H25N5O3S. The molecule has 0 aliphatic heterocycles. The molecule has 2 rings (SSSR count). The van der Waals surface area contributed by atoms with Crippen LogP contribution in [-0.4, -0.2) is 47.3 Å². The standard InChI is InChI=1S/C16H25N5O3S/c1-9(2)21(10(3)4)11(22)8-25-15-17-13-12(18(15)5)14(23)20(7)16(24)19(13)6/h9-10H,8H2,1-7H3. The maximum atomic E-state index is 12.5. The van der Waals surface area contributed by atoms with Crippen molar-refractivity contribution in [3.8, 4) is 0 Å². The van der Waals surface area contributed by atoms with Crippen molar-refractivity contribution in [2.75, 3.05) is 5.75 Å². The van der Waals surface area contributed by atoms with Gasteiger partial charge in [-0.25, -0.2) is 9.78 Å². The number of thioether (sulfide) groups is 1. The summed E-state index contributed by atoms with van der Waals surface area (Å²) in [6.07, 6.45) is 0. The zero-order valence-corrected chi connectivity index (χ0v) is 16.5. The highest BCUT2D eigenvalue weighted by molar-refractivity contribution is 7.99. The van der Waals surface area contributed by atoms with Crippen LogP contribution in [0.15, 0.2) is 14.7 Å². The number of carbonyl (C=O) groups excluding carboxylic acids is 1. The molecule has 138 valence electrons. The van der Waals surface area contributed by atoms with E-state index in [0.29, 0.717) is 16.3 Å². The van der Waals surface area contributed by atoms with E-state index >= 15 is 0 Å². The Labute approximate surface area is 150 Å². The average Bonchev–Trinajstić information content (AvgIpc) is 2.85. The summed E-state index contributed by atoms with van der Waals surface area (Å²) in [6.45, 7) is 7.93. The molecule has 0 atom stereocenters. The molecule has 2 aromatic heterocycles. The van der Waals surface area contributed by atoms with Gasteiger partial charge in [0.05, 0.1) is 5.75 Å². The smallest absolute Gasteiger partial charge is 0.332 e. The number of rotatable bonds is 5. The van der Waals surface area contributed by atoms with Crippen molar-refractivity contribution in [3.05, 3.63) is 20.8 Å². The maximum absolute atomic E-state index is 12.5. The molecule has 0 saturated carbocycles. The molecular weight excluding hydrogens is 342 g/mol. The van der Waals surface area contributed by atoms with Gasteiger partial charge in [0.15, 0.2) is 16.3 Å². The summed E-state index contributed by atoms with van der Waals surface area (Å²) in [4.78, 5) is 43.1. The van der Waals surface area contributed by atoms with Crippen LogP contribution in [-0.2, 0) is 25.9 Å². The van der Waals surface area contributed by atoms with Gasteiger partial charge in [-0.15, -0.1) is 0 Å². The third kappa shape index (κ3) is 3.37. The van der Waals surface area contributed by atoms with Gasteiger partial charge in [-0.2, -0.15) is 0 Å². The summed E-state index contributed by atoms with van der Waals surface area (Å²) in [5, 5.41) is 0.536. The average molecular weight is 367 g/mol. The summed E-state index contributed by atoms with van der Waals surface area (Å²) in [7, 11) is 4.74. The molecule has 8 nitrogen and oxygen atoms in total. The fourth-order valence-electron chi connectivity index (χ4n) is 3.00. The Morgan fingerprint density at radius 2 is 1.60 bits per heavy atom. The third-order valence-electron chi connectivity index (χ3n) is 4.16. The van der Waals surface area contributed by atoms with Gasteiger partial charge in [-0.1, -0.05) is 11.8 Å². The van der Waals surface area contributed by atoms with Gasteiger partial charge in [-0.05, 0) is 27.7 Å². The highest BCUT2D eigenvalue weighted by Crippen LogP contribution is 2.21. The van der Waals surface area contributed by atoms with E-state index < -0.39 is 11.2 Å². The van der Waals surface area contributed by atoms with Crippen molar-refractivity contribution in [1.82, 2.24) is 23.6 Å². The first-order valence-electron chi connectivity index (χ1n) is 8.14. The Morgan fingerprint density at radius 3 is 2.12 bits per heavy atom. The van der Waals surface area contributed by atoms with Crippen LogP contribution in [0.3, 0.4) is 0 Å². The van der Waals surface area contributed by atoms with Gasteiger partial charge in [0.2, 0.25) is 5.91 Å². The van der Waals surface area contributed by atoms with E-state index in [4.69, 9.17) is 0 Å². The first-order valence-corrected chi connectivity index (χ1v) is 9.12. The van der Waals surface area contributed by atoms with E-state index in [1.807, 2.05) is 32.6 Å². The summed E-state index contributed by atoms with van der Waals surface area (Å²) in [5.74, 6) is 0.241. The molecule has 0 unspecified atom stereocenters. The molecule has 25 heavy (non-hydrogen) atoms. The summed E-state index contributed by atoms with van der Waals surface area (Å²) < 4.78 is 4.05. The van der Waals surface area contributed by atoms with Crippen LogP contribution >= 0.6 is 11.8 Å². The summed E-state index contributed by atoms with van der Waals surface area (Å²) in [5.41, 5.74) is -0.134. The summed E-state index contributed by atoms with van der Waals surface area (Å²) in [6, 6.07) is 0.225. The number of carbonyl (C=O) groups is 1. The molecule has 9 heteroatoms. The third-order valence-corrected chi connectivity index (χ3v) is 5.17. The second-order valence-corrected chi connectivity index (χ2v) is 7.55. The minimum Gasteiger partial charge on any atom is -0.337 e. The second-order valence-electron chi connectivity index (χ2n) is 6.61. The number of aromatic nitrogens is 4. The number of hydrogen-bond acceptors (Lipinski definition) is 5. The predicted octanol–water partition coefficient (Wildman–Crippen LogP) is 0.708. The van der Waals surface area contributed by atoms with Crippen LogP contribution in [0.2, 0.25) is 0 Å². The quantitative estimate of drug-likeness (QED) is 0.727. The molecule has 0 saturated heterocycles. The number of aryl methyl sites for hydroxylation is 2. The Morgan fingerprint density at radius 1 is 1.04 bits per heavy atom. The Kier molecular flexibility index (Phi) is 5.46. The van der Waals surface area contributed by atoms with Gasteiger partial charge in [-0.3, -0.25) is 18.7 Å². The van der Waals surface area contributed by atoms with Crippen LogP contribution in [0.1, 0.15) is 27.7 Å². The van der Waals surface area contributed by atoms with Crippen molar-refractivity contribution in [2.24, 2.45) is 21.1 Å². The monoisotopic (exact) mass is 367 g/mol. The number of hydrogen-bond donors (Lipinski definition) is 0. The second kappa shape index (κ2) is 7.07. The van der Waals surface area contributed by atoms with Gasteiger partial charge in [0.1, 0.15) is 0 Å². The first-order chi connectivity index (χ1) is 11.6. The first kappa shape index (κ1) is 19.3. The maximum Gasteiger partial charge on any atom is 0.332 e. The van der Waals surface area contributed by atoms with Crippen LogP contribution in [0.25, 0.3) is 11.2 Å². The highest BCUT2D eigenvalue weighted by Gasteiger charge is 2.22. The zero-order valence-electron chi connectivity index (χ0n) is 15.7. The van der Waals surface area contributed by atoms with Crippen molar-refractivity contribution in [3.63, 3.8) is 0 Å². The molecule has 1 amide bonds. The van der Waals surface area contributed by atoms with Crippen LogP contribution in [0, 0.1) is 0 Å². The predicted molar refractivity (Wildman–Crippen MR) is 99.0 cm³/mol. The topological polar surface area (TPSA) is 82.1 Å². The van der Waals surface area contributed by atoms with Crippen LogP contribution in [0.5, 0.6) is 0 Å². The molecule has 0 fully saturated rings. The van der Waals surface area contributed by atoms with E-state index in [9.17, 15) is 14.4 Å². The van der Waals surface area contributed by atoms with Gasteiger partial charge in [0, 0.05) is 33.2 Å². The van der Waals surface area contributed by atoms with Crippen molar-refractivity contribution in [1.29, 1.82) is 0 Å². The highest BCUT2D eigenvalue weighted by atomic mass is 32.2. The molecule has 0 bridgehead atoms. The zero-order chi connectivity index (χ0) is 19.0. The van der Waals surface area contributed by atoms with Crippen LogP contribution < -0.4 is 11.2 Å². The fourth-order valence-corrected chi connectivity index (χ4v) is 3.84. The van der Waals surface area contributed by atoms with E-state index in [1.165, 1.54) is 23.4 Å². The molecule has 0 aliphatic rings. The molecule has 0 spiro atoms. The summed E-state index contributed by atoms with van der Waals surface area (Å²) >= 11 is 1.27. The van der Waals surface area contributed by atoms with Gasteiger partial charge >= 0.3 is 5.69 Å². The normalized spacial score (nSPS) is 11.7. The molecule has 2 heterocycles. The van der Waals surface area contributed by atoms with E-state index in [1.54, 1.807) is 18.7 Å².